The number of aromatic carboxylic acids is 1. The molecule has 5 nitrogen and oxygen atoms in total. The third-order valence-electron chi connectivity index (χ3n) is 7.22. The highest BCUT2D eigenvalue weighted by molar-refractivity contribution is 5.87. The zero-order valence-corrected chi connectivity index (χ0v) is 16.8. The van der Waals surface area contributed by atoms with Crippen molar-refractivity contribution < 1.29 is 14.6 Å². The second-order valence-electron chi connectivity index (χ2n) is 8.67. The van der Waals surface area contributed by atoms with Crippen molar-refractivity contribution in [3.8, 4) is 5.75 Å². The van der Waals surface area contributed by atoms with Crippen LogP contribution in [-0.2, 0) is 6.54 Å². The fraction of sp³-hybridized carbons (Fsp3) is 0.458. The molecular weight excluding hydrogens is 364 g/mol. The summed E-state index contributed by atoms with van der Waals surface area (Å²) in [7, 11) is 1.71. The van der Waals surface area contributed by atoms with E-state index in [1.165, 1.54) is 37.1 Å². The SMILES string of the molecule is COc1ccc([C@@H]2CN(Cc3ccc(C(=O)O)cc3)[C@@H]3C4CCN(CC4)[C@@H]32)cc1. The average Bonchev–Trinajstić information content (AvgIpc) is 3.16. The van der Waals surface area contributed by atoms with Crippen LogP contribution in [0.5, 0.6) is 5.75 Å². The molecule has 29 heavy (non-hydrogen) atoms. The van der Waals surface area contributed by atoms with Crippen LogP contribution in [0.2, 0.25) is 0 Å². The predicted molar refractivity (Wildman–Crippen MR) is 111 cm³/mol. The molecule has 6 rings (SSSR count). The van der Waals surface area contributed by atoms with Crippen molar-refractivity contribution in [1.82, 2.24) is 9.80 Å². The number of carboxylic acid groups (broad SMARTS) is 1. The third kappa shape index (κ3) is 3.32. The standard InChI is InChI=1S/C24H28N2O3/c1-29-20-8-6-17(7-9-20)21-15-26(14-16-2-4-19(5-3-16)24(27)28)22-18-10-12-25(13-11-18)23(21)22/h2-9,18,21-23H,10-15H2,1H3,(H,27,28)/t21-,22+,23+/m0/s1. The molecule has 4 fully saturated rings. The minimum Gasteiger partial charge on any atom is -0.497 e. The highest BCUT2D eigenvalue weighted by Crippen LogP contribution is 2.47. The summed E-state index contributed by atoms with van der Waals surface area (Å²) in [5, 5.41) is 9.16. The summed E-state index contributed by atoms with van der Waals surface area (Å²) in [5.74, 6) is 1.32. The lowest BCUT2D eigenvalue weighted by Gasteiger charge is -2.51. The van der Waals surface area contributed by atoms with Crippen LogP contribution in [0.3, 0.4) is 0 Å². The van der Waals surface area contributed by atoms with E-state index >= 15 is 0 Å². The van der Waals surface area contributed by atoms with Gasteiger partial charge < -0.3 is 9.84 Å². The van der Waals surface area contributed by atoms with Crippen LogP contribution in [-0.4, -0.2) is 59.7 Å². The van der Waals surface area contributed by atoms with E-state index in [0.29, 0.717) is 23.6 Å². The molecule has 0 amide bonds. The molecule has 2 aromatic rings. The number of carbonyl (C=O) groups is 1. The van der Waals surface area contributed by atoms with Crippen molar-refractivity contribution in [2.75, 3.05) is 26.7 Å². The summed E-state index contributed by atoms with van der Waals surface area (Å²) in [6.07, 6.45) is 2.59. The van der Waals surface area contributed by atoms with Crippen molar-refractivity contribution in [2.24, 2.45) is 5.92 Å². The van der Waals surface area contributed by atoms with Crippen molar-refractivity contribution in [3.63, 3.8) is 0 Å². The lowest BCUT2D eigenvalue weighted by atomic mass is 9.75. The van der Waals surface area contributed by atoms with Gasteiger partial charge in [0.25, 0.3) is 0 Å². The molecule has 0 aromatic heterocycles. The maximum absolute atomic E-state index is 11.2. The number of ether oxygens (including phenoxy) is 1. The summed E-state index contributed by atoms with van der Waals surface area (Å²) in [6.45, 7) is 4.38. The number of hydrogen-bond acceptors (Lipinski definition) is 4. The molecule has 0 unspecified atom stereocenters. The second-order valence-corrected chi connectivity index (χ2v) is 8.67. The maximum Gasteiger partial charge on any atom is 0.335 e. The van der Waals surface area contributed by atoms with Gasteiger partial charge >= 0.3 is 5.97 Å². The first kappa shape index (κ1) is 18.6. The number of methoxy groups -OCH3 is 1. The Morgan fingerprint density at radius 3 is 2.34 bits per heavy atom. The number of rotatable bonds is 5. The Kier molecular flexibility index (Phi) is 4.80. The fourth-order valence-electron chi connectivity index (χ4n) is 5.85. The molecule has 2 bridgehead atoms. The molecule has 0 saturated carbocycles. The quantitative estimate of drug-likeness (QED) is 0.845. The number of fused-ring (bicyclic) bond motifs is 2. The summed E-state index contributed by atoms with van der Waals surface area (Å²) in [5.41, 5.74) is 2.95. The molecule has 1 N–H and O–H groups in total. The van der Waals surface area contributed by atoms with Gasteiger partial charge in [0.2, 0.25) is 0 Å². The van der Waals surface area contributed by atoms with E-state index in [2.05, 4.69) is 34.1 Å². The van der Waals surface area contributed by atoms with E-state index < -0.39 is 5.97 Å². The third-order valence-corrected chi connectivity index (χ3v) is 7.22. The van der Waals surface area contributed by atoms with Crippen LogP contribution in [0.1, 0.15) is 40.2 Å². The molecule has 152 valence electrons. The van der Waals surface area contributed by atoms with Crippen molar-refractivity contribution in [1.29, 1.82) is 0 Å². The molecule has 4 saturated heterocycles. The zero-order chi connectivity index (χ0) is 20.0. The molecule has 0 spiro atoms. The van der Waals surface area contributed by atoms with Gasteiger partial charge in [0, 0.05) is 31.1 Å². The molecule has 4 aliphatic heterocycles. The topological polar surface area (TPSA) is 53.0 Å². The van der Waals surface area contributed by atoms with E-state index in [1.807, 2.05) is 12.1 Å². The minimum atomic E-state index is -0.866. The van der Waals surface area contributed by atoms with Crippen molar-refractivity contribution in [2.45, 2.75) is 37.4 Å². The first-order valence-electron chi connectivity index (χ1n) is 10.6. The van der Waals surface area contributed by atoms with Crippen LogP contribution in [0.4, 0.5) is 0 Å². The second kappa shape index (κ2) is 7.47. The summed E-state index contributed by atoms with van der Waals surface area (Å²) in [4.78, 5) is 16.5. The van der Waals surface area contributed by atoms with Gasteiger partial charge in [0.15, 0.2) is 0 Å². The summed E-state index contributed by atoms with van der Waals surface area (Å²) >= 11 is 0. The van der Waals surface area contributed by atoms with E-state index in [9.17, 15) is 4.79 Å². The van der Waals surface area contributed by atoms with E-state index in [0.717, 1.165) is 24.8 Å². The van der Waals surface area contributed by atoms with Gasteiger partial charge in [-0.05, 0) is 67.2 Å². The molecule has 3 atom stereocenters. The highest BCUT2D eigenvalue weighted by Gasteiger charge is 2.53. The van der Waals surface area contributed by atoms with Crippen LogP contribution < -0.4 is 4.74 Å². The number of nitrogens with zero attached hydrogens (tertiary/aromatic N) is 2. The number of likely N-dealkylation sites (tertiary alicyclic amines) is 1. The Balaban J connectivity index is 1.42. The molecule has 0 radical (unpaired) electrons. The smallest absolute Gasteiger partial charge is 0.335 e. The molecule has 4 heterocycles. The van der Waals surface area contributed by atoms with Gasteiger partial charge in [-0.25, -0.2) is 4.79 Å². The molecular formula is C24H28N2O3. The first-order chi connectivity index (χ1) is 14.1. The Bertz CT molecular complexity index is 872. The van der Waals surface area contributed by atoms with Gasteiger partial charge in [-0.3, -0.25) is 9.80 Å². The highest BCUT2D eigenvalue weighted by atomic mass is 16.5. The predicted octanol–water partition coefficient (Wildman–Crippen LogP) is 3.46. The Morgan fingerprint density at radius 1 is 1.03 bits per heavy atom. The summed E-state index contributed by atoms with van der Waals surface area (Å²) < 4.78 is 5.35. The number of carboxylic acids is 1. The first-order valence-corrected chi connectivity index (χ1v) is 10.6. The van der Waals surface area contributed by atoms with Crippen molar-refractivity contribution in [3.05, 3.63) is 65.2 Å². The van der Waals surface area contributed by atoms with Crippen molar-refractivity contribution >= 4 is 5.97 Å². The largest absolute Gasteiger partial charge is 0.497 e. The Labute approximate surface area is 171 Å². The van der Waals surface area contributed by atoms with E-state index in [4.69, 9.17) is 9.84 Å². The van der Waals surface area contributed by atoms with E-state index in [1.54, 1.807) is 19.2 Å². The van der Waals surface area contributed by atoms with Gasteiger partial charge in [-0.1, -0.05) is 24.3 Å². The summed E-state index contributed by atoms with van der Waals surface area (Å²) in [6, 6.07) is 17.2. The van der Waals surface area contributed by atoms with Crippen LogP contribution in [0.25, 0.3) is 0 Å². The maximum atomic E-state index is 11.2. The molecule has 2 aromatic carbocycles. The van der Waals surface area contributed by atoms with E-state index in [-0.39, 0.29) is 0 Å². The molecule has 0 aliphatic carbocycles. The minimum absolute atomic E-state index is 0.354. The monoisotopic (exact) mass is 392 g/mol. The van der Waals surface area contributed by atoms with Crippen LogP contribution in [0, 0.1) is 5.92 Å². The van der Waals surface area contributed by atoms with Gasteiger partial charge in [0.1, 0.15) is 5.75 Å². The van der Waals surface area contributed by atoms with Crippen LogP contribution in [0.15, 0.2) is 48.5 Å². The number of benzene rings is 2. The molecule has 4 aliphatic rings. The normalized spacial score (nSPS) is 30.9. The lowest BCUT2D eigenvalue weighted by molar-refractivity contribution is -0.00869. The van der Waals surface area contributed by atoms with Crippen LogP contribution >= 0.6 is 0 Å². The number of hydrogen-bond donors (Lipinski definition) is 1. The molecule has 5 heteroatoms. The Hall–Kier alpha value is -2.37. The average molecular weight is 392 g/mol. The Morgan fingerprint density at radius 2 is 1.72 bits per heavy atom. The number of piperidine rings is 3. The van der Waals surface area contributed by atoms with Gasteiger partial charge in [-0.15, -0.1) is 0 Å². The van der Waals surface area contributed by atoms with Gasteiger partial charge in [0.05, 0.1) is 12.7 Å². The fourth-order valence-corrected chi connectivity index (χ4v) is 5.85. The lowest BCUT2D eigenvalue weighted by Crippen LogP contribution is -2.59. The zero-order valence-electron chi connectivity index (χ0n) is 16.8. The van der Waals surface area contributed by atoms with Gasteiger partial charge in [-0.2, -0.15) is 0 Å².